The quantitative estimate of drug-likeness (QED) is 0.649. The number of para-hydroxylation sites is 1. The van der Waals surface area contributed by atoms with Gasteiger partial charge >= 0.3 is 5.97 Å². The fourth-order valence-electron chi connectivity index (χ4n) is 2.88. The molecule has 0 fully saturated rings. The fourth-order valence-corrected chi connectivity index (χ4v) is 2.88. The van der Waals surface area contributed by atoms with Gasteiger partial charge in [0.2, 0.25) is 11.8 Å². The lowest BCUT2D eigenvalue weighted by atomic mass is 10.2. The Morgan fingerprint density at radius 2 is 2.00 bits per heavy atom. The molecule has 3 aromatic rings. The van der Waals surface area contributed by atoms with Gasteiger partial charge in [-0.2, -0.15) is 0 Å². The van der Waals surface area contributed by atoms with Crippen LogP contribution in [0.2, 0.25) is 0 Å². The highest BCUT2D eigenvalue weighted by Gasteiger charge is 2.16. The van der Waals surface area contributed by atoms with E-state index < -0.39 is 5.97 Å². The third-order valence-electron chi connectivity index (χ3n) is 4.11. The Kier molecular flexibility index (Phi) is 5.71. The molecule has 0 atom stereocenters. The average Bonchev–Trinajstić information content (AvgIpc) is 3.05. The Morgan fingerprint density at radius 1 is 1.19 bits per heavy atom. The van der Waals surface area contributed by atoms with Gasteiger partial charge in [0.05, 0.1) is 19.3 Å². The number of ether oxygens (including phenoxy) is 2. The van der Waals surface area contributed by atoms with Gasteiger partial charge in [-0.1, -0.05) is 24.3 Å². The van der Waals surface area contributed by atoms with Gasteiger partial charge in [0.15, 0.2) is 0 Å². The standard InChI is InChI=1S/C20H21N3O4/c1-3-27-19-14(7-6-10-21-19)11-22-18(24)13-23-12-16(20(25)26-2)15-8-4-5-9-17(15)23/h4-10,12H,3,11,13H2,1-2H3,(H,22,24). The first-order valence-electron chi connectivity index (χ1n) is 8.63. The number of rotatable bonds is 7. The first-order valence-corrected chi connectivity index (χ1v) is 8.63. The van der Waals surface area contributed by atoms with Crippen molar-refractivity contribution < 1.29 is 19.1 Å². The number of benzene rings is 1. The highest BCUT2D eigenvalue weighted by Crippen LogP contribution is 2.22. The van der Waals surface area contributed by atoms with Gasteiger partial charge in [0.1, 0.15) is 6.54 Å². The molecule has 2 heterocycles. The number of nitrogens with zero attached hydrogens (tertiary/aromatic N) is 2. The molecule has 2 aromatic heterocycles. The number of pyridine rings is 1. The number of esters is 1. The van der Waals surface area contributed by atoms with Crippen LogP contribution in [-0.4, -0.2) is 35.1 Å². The van der Waals surface area contributed by atoms with Crippen LogP contribution in [0.25, 0.3) is 10.9 Å². The minimum atomic E-state index is -0.429. The molecule has 7 heteroatoms. The summed E-state index contributed by atoms with van der Waals surface area (Å²) < 4.78 is 12.0. The van der Waals surface area contributed by atoms with Crippen LogP contribution in [0.1, 0.15) is 22.8 Å². The van der Waals surface area contributed by atoms with E-state index in [0.29, 0.717) is 24.6 Å². The second-order valence-corrected chi connectivity index (χ2v) is 5.86. The highest BCUT2D eigenvalue weighted by atomic mass is 16.5. The number of nitrogens with one attached hydrogen (secondary N) is 1. The molecule has 0 saturated carbocycles. The number of methoxy groups -OCH3 is 1. The van der Waals surface area contributed by atoms with Crippen molar-refractivity contribution >= 4 is 22.8 Å². The van der Waals surface area contributed by atoms with Crippen molar-refractivity contribution in [1.82, 2.24) is 14.9 Å². The molecule has 0 aliphatic carbocycles. The molecular weight excluding hydrogens is 346 g/mol. The molecule has 140 valence electrons. The maximum absolute atomic E-state index is 12.4. The van der Waals surface area contributed by atoms with Crippen LogP contribution in [0.3, 0.4) is 0 Å². The van der Waals surface area contributed by atoms with E-state index in [1.807, 2.05) is 37.3 Å². The van der Waals surface area contributed by atoms with Crippen LogP contribution in [0.15, 0.2) is 48.8 Å². The van der Waals surface area contributed by atoms with Crippen molar-refractivity contribution in [3.8, 4) is 5.88 Å². The Hall–Kier alpha value is -3.35. The number of hydrogen-bond acceptors (Lipinski definition) is 5. The zero-order valence-electron chi connectivity index (χ0n) is 15.3. The summed E-state index contributed by atoms with van der Waals surface area (Å²) in [6.45, 7) is 2.78. The predicted molar refractivity (Wildman–Crippen MR) is 101 cm³/mol. The summed E-state index contributed by atoms with van der Waals surface area (Å²) in [6.07, 6.45) is 3.29. The van der Waals surface area contributed by atoms with Crippen LogP contribution < -0.4 is 10.1 Å². The third-order valence-corrected chi connectivity index (χ3v) is 4.11. The van der Waals surface area contributed by atoms with Crippen molar-refractivity contribution in [1.29, 1.82) is 0 Å². The fraction of sp³-hybridized carbons (Fsp3) is 0.250. The zero-order chi connectivity index (χ0) is 19.2. The van der Waals surface area contributed by atoms with E-state index in [4.69, 9.17) is 9.47 Å². The number of carbonyl (C=O) groups is 2. The Labute approximate surface area is 156 Å². The third kappa shape index (κ3) is 4.08. The zero-order valence-corrected chi connectivity index (χ0v) is 15.3. The first-order chi connectivity index (χ1) is 13.1. The van der Waals surface area contributed by atoms with Crippen molar-refractivity contribution in [2.24, 2.45) is 0 Å². The summed E-state index contributed by atoms with van der Waals surface area (Å²) in [5.41, 5.74) is 2.04. The molecule has 0 aliphatic rings. The van der Waals surface area contributed by atoms with E-state index in [0.717, 1.165) is 16.5 Å². The van der Waals surface area contributed by atoms with E-state index >= 15 is 0 Å². The molecular formula is C20H21N3O4. The van der Waals surface area contributed by atoms with Gasteiger partial charge in [-0.05, 0) is 19.1 Å². The van der Waals surface area contributed by atoms with E-state index in [2.05, 4.69) is 10.3 Å². The molecule has 7 nitrogen and oxygen atoms in total. The lowest BCUT2D eigenvalue weighted by Gasteiger charge is -2.10. The molecule has 3 rings (SSSR count). The average molecular weight is 367 g/mol. The largest absolute Gasteiger partial charge is 0.478 e. The van der Waals surface area contributed by atoms with Gasteiger partial charge in [0.25, 0.3) is 0 Å². The molecule has 0 aliphatic heterocycles. The molecule has 0 bridgehead atoms. The highest BCUT2D eigenvalue weighted by molar-refractivity contribution is 6.04. The van der Waals surface area contributed by atoms with E-state index in [9.17, 15) is 9.59 Å². The van der Waals surface area contributed by atoms with Gasteiger partial charge in [-0.15, -0.1) is 0 Å². The molecule has 27 heavy (non-hydrogen) atoms. The van der Waals surface area contributed by atoms with Crippen LogP contribution in [0, 0.1) is 0 Å². The number of hydrogen-bond donors (Lipinski definition) is 1. The van der Waals surface area contributed by atoms with E-state index in [1.54, 1.807) is 23.0 Å². The molecule has 1 aromatic carbocycles. The number of carbonyl (C=O) groups excluding carboxylic acids is 2. The summed E-state index contributed by atoms with van der Waals surface area (Å²) >= 11 is 0. The number of fused-ring (bicyclic) bond motifs is 1. The number of amides is 1. The topological polar surface area (TPSA) is 82.5 Å². The molecule has 1 N–H and O–H groups in total. The Bertz CT molecular complexity index is 965. The van der Waals surface area contributed by atoms with E-state index in [1.165, 1.54) is 7.11 Å². The normalized spacial score (nSPS) is 10.6. The Balaban J connectivity index is 1.74. The monoisotopic (exact) mass is 367 g/mol. The second-order valence-electron chi connectivity index (χ2n) is 5.86. The minimum absolute atomic E-state index is 0.0851. The summed E-state index contributed by atoms with van der Waals surface area (Å²) in [5, 5.41) is 3.62. The molecule has 0 unspecified atom stereocenters. The van der Waals surface area contributed by atoms with Crippen molar-refractivity contribution in [3.05, 3.63) is 59.9 Å². The van der Waals surface area contributed by atoms with Crippen molar-refractivity contribution in [2.75, 3.05) is 13.7 Å². The lowest BCUT2D eigenvalue weighted by molar-refractivity contribution is -0.121. The smallest absolute Gasteiger partial charge is 0.340 e. The minimum Gasteiger partial charge on any atom is -0.478 e. The van der Waals surface area contributed by atoms with Crippen LogP contribution in [0.5, 0.6) is 5.88 Å². The molecule has 0 spiro atoms. The van der Waals surface area contributed by atoms with Gasteiger partial charge in [0, 0.05) is 35.4 Å². The predicted octanol–water partition coefficient (Wildman–Crippen LogP) is 2.54. The summed E-state index contributed by atoms with van der Waals surface area (Å²) in [7, 11) is 1.34. The maximum Gasteiger partial charge on any atom is 0.340 e. The molecule has 0 radical (unpaired) electrons. The summed E-state index contributed by atoms with van der Waals surface area (Å²) in [4.78, 5) is 28.6. The van der Waals surface area contributed by atoms with Crippen molar-refractivity contribution in [2.45, 2.75) is 20.0 Å². The van der Waals surface area contributed by atoms with Gasteiger partial charge in [-0.25, -0.2) is 9.78 Å². The summed E-state index contributed by atoms with van der Waals surface area (Å²) in [5.74, 6) is -0.0970. The van der Waals surface area contributed by atoms with Gasteiger partial charge < -0.3 is 19.4 Å². The van der Waals surface area contributed by atoms with Crippen LogP contribution in [0.4, 0.5) is 0 Å². The second kappa shape index (κ2) is 8.35. The van der Waals surface area contributed by atoms with Gasteiger partial charge in [-0.3, -0.25) is 4.79 Å². The summed E-state index contributed by atoms with van der Waals surface area (Å²) in [6, 6.07) is 11.1. The molecule has 0 saturated heterocycles. The van der Waals surface area contributed by atoms with E-state index in [-0.39, 0.29) is 12.5 Å². The number of aromatic nitrogens is 2. The maximum atomic E-state index is 12.4. The van der Waals surface area contributed by atoms with Crippen molar-refractivity contribution in [3.63, 3.8) is 0 Å². The Morgan fingerprint density at radius 3 is 2.78 bits per heavy atom. The first kappa shape index (κ1) is 18.4. The SMILES string of the molecule is CCOc1ncccc1CNC(=O)Cn1cc(C(=O)OC)c2ccccc21. The van der Waals surface area contributed by atoms with Crippen LogP contribution >= 0.6 is 0 Å². The van der Waals surface area contributed by atoms with Crippen LogP contribution in [-0.2, 0) is 22.6 Å². The molecule has 1 amide bonds. The lowest BCUT2D eigenvalue weighted by Crippen LogP contribution is -2.27.